The summed E-state index contributed by atoms with van der Waals surface area (Å²) in [6.07, 6.45) is 1.32. The molecule has 118 valence electrons. The van der Waals surface area contributed by atoms with E-state index >= 15 is 0 Å². The third-order valence-electron chi connectivity index (χ3n) is 3.70. The summed E-state index contributed by atoms with van der Waals surface area (Å²) in [5, 5.41) is 0. The number of rotatable bonds is 2. The molecule has 0 saturated carbocycles. The summed E-state index contributed by atoms with van der Waals surface area (Å²) >= 11 is 0. The van der Waals surface area contributed by atoms with Gasteiger partial charge in [0.05, 0.1) is 7.59 Å². The van der Waals surface area contributed by atoms with Crippen molar-refractivity contribution in [2.75, 3.05) is 6.61 Å². The second-order valence-corrected chi connectivity index (χ2v) is 23.0. The highest BCUT2D eigenvalue weighted by Gasteiger charge is 2.44. The number of hydrogen-bond donors (Lipinski definition) is 0. The molecular formula is C12H28O5Si3. The van der Waals surface area contributed by atoms with Gasteiger partial charge in [-0.25, -0.2) is 0 Å². The van der Waals surface area contributed by atoms with E-state index in [1.165, 1.54) is 26.3 Å². The summed E-state index contributed by atoms with van der Waals surface area (Å²) in [5.41, 5.74) is 0. The van der Waals surface area contributed by atoms with Gasteiger partial charge in [0.25, 0.3) is 11.9 Å². The molecule has 0 aromatic rings. The topological polar surface area (TPSA) is 61.8 Å². The van der Waals surface area contributed by atoms with Gasteiger partial charge in [-0.1, -0.05) is 19.1 Å². The third-order valence-corrected chi connectivity index (χ3v) is 21.8. The van der Waals surface area contributed by atoms with E-state index in [-0.39, 0.29) is 0 Å². The van der Waals surface area contributed by atoms with Crippen molar-refractivity contribution in [1.29, 1.82) is 0 Å². The summed E-state index contributed by atoms with van der Waals surface area (Å²) < 4.78 is 15.1. The van der Waals surface area contributed by atoms with Crippen LogP contribution in [-0.2, 0) is 22.9 Å². The molecule has 0 aliphatic carbocycles. The van der Waals surface area contributed by atoms with E-state index in [0.717, 1.165) is 6.61 Å². The van der Waals surface area contributed by atoms with Crippen LogP contribution >= 0.6 is 0 Å². The summed E-state index contributed by atoms with van der Waals surface area (Å²) in [6, 6.07) is 1.49. The van der Waals surface area contributed by atoms with Gasteiger partial charge in [-0.2, -0.15) is 0 Å². The highest BCUT2D eigenvalue weighted by molar-refractivity contribution is 7.38. The lowest BCUT2D eigenvalue weighted by molar-refractivity contribution is -0.137. The van der Waals surface area contributed by atoms with Crippen molar-refractivity contribution in [2.24, 2.45) is 0 Å². The Kier molecular flexibility index (Phi) is 7.92. The van der Waals surface area contributed by atoms with Crippen molar-refractivity contribution in [3.63, 3.8) is 0 Å². The fourth-order valence-corrected chi connectivity index (χ4v) is 9.30. The highest BCUT2D eigenvalue weighted by atomic mass is 29.3. The van der Waals surface area contributed by atoms with Gasteiger partial charge in [-0.05, 0) is 26.1 Å². The molecule has 0 unspecified atom stereocenters. The van der Waals surface area contributed by atoms with Crippen molar-refractivity contribution in [3.8, 4) is 0 Å². The molecule has 5 nitrogen and oxygen atoms in total. The van der Waals surface area contributed by atoms with E-state index in [1.54, 1.807) is 6.55 Å². The minimum atomic E-state index is -2.02. The Morgan fingerprint density at radius 3 is 1.75 bits per heavy atom. The summed E-state index contributed by atoms with van der Waals surface area (Å²) in [6.45, 7) is 15.0. The van der Waals surface area contributed by atoms with Crippen LogP contribution < -0.4 is 0 Å². The van der Waals surface area contributed by atoms with E-state index in [0.29, 0.717) is 0 Å². The molecule has 1 aliphatic rings. The first-order valence-electron chi connectivity index (χ1n) is 6.96. The predicted octanol–water partition coefficient (Wildman–Crippen LogP) is 2.36. The van der Waals surface area contributed by atoms with Crippen LogP contribution in [0.25, 0.3) is 0 Å². The van der Waals surface area contributed by atoms with Gasteiger partial charge >= 0.3 is 9.28 Å². The third kappa shape index (κ3) is 7.36. The molecule has 1 heterocycles. The molecule has 8 heteroatoms. The van der Waals surface area contributed by atoms with E-state index in [1.807, 2.05) is 0 Å². The fraction of sp³-hybridized carbons (Fsp3) is 0.833. The van der Waals surface area contributed by atoms with Gasteiger partial charge in [0.2, 0.25) is 0 Å². The molecule has 0 spiro atoms. The largest absolute Gasteiger partial charge is 0.487 e. The molecule has 0 amide bonds. The Balaban J connectivity index is 0.000000361. The van der Waals surface area contributed by atoms with E-state index in [9.17, 15) is 9.59 Å². The van der Waals surface area contributed by atoms with Crippen LogP contribution in [-0.4, -0.2) is 43.3 Å². The second-order valence-electron chi connectivity index (χ2n) is 6.13. The van der Waals surface area contributed by atoms with Crippen LogP contribution in [0.4, 0.5) is 0 Å². The molecule has 0 bridgehead atoms. The maximum atomic E-state index is 10.3. The number of carbonyl (C=O) groups excluding carboxylic acids is 2. The van der Waals surface area contributed by atoms with E-state index in [4.69, 9.17) is 4.43 Å². The molecule has 1 rings (SSSR count). The summed E-state index contributed by atoms with van der Waals surface area (Å²) in [5.74, 6) is -0.805. The summed E-state index contributed by atoms with van der Waals surface area (Å²) in [4.78, 5) is 20.5. The molecule has 20 heavy (non-hydrogen) atoms. The Bertz CT molecular complexity index is 312. The number of carbonyl (C=O) groups is 2. The lowest BCUT2D eigenvalue weighted by Crippen LogP contribution is -2.59. The first kappa shape index (κ1) is 19.6. The van der Waals surface area contributed by atoms with Crippen LogP contribution in [0.2, 0.25) is 38.8 Å². The normalized spacial score (nSPS) is 19.6. The average molecular weight is 337 g/mol. The van der Waals surface area contributed by atoms with Crippen molar-refractivity contribution < 1.29 is 22.9 Å². The van der Waals surface area contributed by atoms with E-state index < -0.39 is 36.6 Å². The van der Waals surface area contributed by atoms with Crippen LogP contribution in [0, 0.1) is 0 Å². The smallest absolute Gasteiger partial charge is 0.444 e. The zero-order chi connectivity index (χ0) is 16.0. The first-order valence-corrected chi connectivity index (χ1v) is 16.2. The molecule has 0 aromatic carbocycles. The molecule has 0 N–H and O–H groups in total. The van der Waals surface area contributed by atoms with Crippen LogP contribution in [0.1, 0.15) is 20.3 Å². The molecular weight excluding hydrogens is 308 g/mol. The Labute approximate surface area is 125 Å². The fourth-order valence-electron chi connectivity index (χ4n) is 1.83. The SMILES string of the molecule is CC(=O)O[SiH](C)OC(C)=O.C[Si]1(C)CCCO[Si]1(C)C. The van der Waals surface area contributed by atoms with Crippen molar-refractivity contribution in [2.45, 2.75) is 59.0 Å². The van der Waals surface area contributed by atoms with Gasteiger partial charge in [0.1, 0.15) is 0 Å². The Hall–Kier alpha value is -0.449. The Morgan fingerprint density at radius 2 is 1.50 bits per heavy atom. The first-order chi connectivity index (χ1) is 8.98. The molecule has 1 saturated heterocycles. The van der Waals surface area contributed by atoms with E-state index in [2.05, 4.69) is 35.0 Å². The lowest BCUT2D eigenvalue weighted by atomic mass is 10.5. The molecule has 0 atom stereocenters. The standard InChI is InChI=1S/C7H18OSi2.C5H10O4Si/c1-9(2)7-5-6-8-10(9,3)4;1-4(6)8-10(3)9-5(2)7/h5-7H2,1-4H3;10H,1-3H3. The molecule has 0 aromatic heterocycles. The van der Waals surface area contributed by atoms with Gasteiger partial charge in [-0.15, -0.1) is 0 Å². The van der Waals surface area contributed by atoms with Crippen molar-refractivity contribution >= 4 is 36.6 Å². The van der Waals surface area contributed by atoms with Gasteiger partial charge in [-0.3, -0.25) is 9.59 Å². The van der Waals surface area contributed by atoms with Gasteiger partial charge in [0, 0.05) is 20.5 Å². The number of hydrogen-bond acceptors (Lipinski definition) is 5. The van der Waals surface area contributed by atoms with Gasteiger partial charge < -0.3 is 13.3 Å². The quantitative estimate of drug-likeness (QED) is 0.724. The molecule has 0 radical (unpaired) electrons. The Morgan fingerprint density at radius 1 is 1.05 bits per heavy atom. The molecule has 1 aliphatic heterocycles. The predicted molar refractivity (Wildman–Crippen MR) is 86.9 cm³/mol. The zero-order valence-corrected chi connectivity index (χ0v) is 16.9. The maximum Gasteiger partial charge on any atom is 0.444 e. The summed E-state index contributed by atoms with van der Waals surface area (Å²) in [7, 11) is -4.10. The van der Waals surface area contributed by atoms with Crippen LogP contribution in [0.15, 0.2) is 0 Å². The maximum absolute atomic E-state index is 10.3. The second kappa shape index (κ2) is 8.11. The van der Waals surface area contributed by atoms with Crippen LogP contribution in [0.3, 0.4) is 0 Å². The highest BCUT2D eigenvalue weighted by Crippen LogP contribution is 2.29. The molecule has 1 fully saturated rings. The van der Waals surface area contributed by atoms with Crippen molar-refractivity contribution in [3.05, 3.63) is 0 Å². The lowest BCUT2D eigenvalue weighted by Gasteiger charge is -2.41. The monoisotopic (exact) mass is 336 g/mol. The van der Waals surface area contributed by atoms with Crippen molar-refractivity contribution in [1.82, 2.24) is 0 Å². The zero-order valence-electron chi connectivity index (χ0n) is 13.7. The minimum Gasteiger partial charge on any atom is -0.487 e. The van der Waals surface area contributed by atoms with Crippen LogP contribution in [0.5, 0.6) is 0 Å². The minimum absolute atomic E-state index is 0.402. The average Bonchev–Trinajstić information content (AvgIpc) is 2.21. The van der Waals surface area contributed by atoms with Gasteiger partial charge in [0.15, 0.2) is 7.83 Å².